The van der Waals surface area contributed by atoms with Crippen LogP contribution in [0, 0.1) is 0 Å². The monoisotopic (exact) mass is 849 g/mol. The minimum Gasteiger partial charge on any atom is -0.462 e. The SMILES string of the molecule is CC/C=C\C/C=C\C/C=C\CCCCC(=O)OCC(COC(=O)CCCCCCCCC/C=C\C/C=C\CCCCC)OC(=O)CCCCCCCCC/C=C\C/C=C\CC. The summed E-state index contributed by atoms with van der Waals surface area (Å²) in [6, 6.07) is 0. The maximum atomic E-state index is 12.8. The van der Waals surface area contributed by atoms with Crippen LogP contribution in [0.2, 0.25) is 0 Å². The van der Waals surface area contributed by atoms with Crippen LogP contribution in [0.4, 0.5) is 0 Å². The summed E-state index contributed by atoms with van der Waals surface area (Å²) in [6.45, 7) is 6.33. The first kappa shape index (κ1) is 57.6. The summed E-state index contributed by atoms with van der Waals surface area (Å²) < 4.78 is 16.7. The molecule has 0 aliphatic carbocycles. The molecule has 0 saturated carbocycles. The summed E-state index contributed by atoms with van der Waals surface area (Å²) >= 11 is 0. The maximum Gasteiger partial charge on any atom is 0.306 e. The van der Waals surface area contributed by atoms with Crippen LogP contribution >= 0.6 is 0 Å². The Labute approximate surface area is 375 Å². The predicted molar refractivity (Wildman–Crippen MR) is 261 cm³/mol. The van der Waals surface area contributed by atoms with Crippen LogP contribution in [0.5, 0.6) is 0 Å². The summed E-state index contributed by atoms with van der Waals surface area (Å²) in [7, 11) is 0. The predicted octanol–water partition coefficient (Wildman–Crippen LogP) is 16.4. The fraction of sp³-hybridized carbons (Fsp3) is 0.691. The Bertz CT molecular complexity index is 1200. The minimum absolute atomic E-state index is 0.0969. The van der Waals surface area contributed by atoms with Gasteiger partial charge in [-0.15, -0.1) is 0 Å². The van der Waals surface area contributed by atoms with Crippen molar-refractivity contribution in [3.8, 4) is 0 Å². The van der Waals surface area contributed by atoms with Gasteiger partial charge in [0.05, 0.1) is 0 Å². The Kier molecular flexibility index (Phi) is 46.5. The smallest absolute Gasteiger partial charge is 0.306 e. The van der Waals surface area contributed by atoms with Crippen molar-refractivity contribution in [3.63, 3.8) is 0 Å². The molecule has 0 aliphatic heterocycles. The van der Waals surface area contributed by atoms with Crippen LogP contribution in [-0.2, 0) is 28.6 Å². The fourth-order valence-electron chi connectivity index (χ4n) is 6.64. The first-order chi connectivity index (χ1) is 30.0. The Morgan fingerprint density at radius 1 is 0.344 bits per heavy atom. The molecule has 0 aromatic heterocycles. The number of allylic oxidation sites excluding steroid dienone is 14. The zero-order valence-corrected chi connectivity index (χ0v) is 39.7. The molecular weight excluding hydrogens is 757 g/mol. The highest BCUT2D eigenvalue weighted by Gasteiger charge is 2.19. The van der Waals surface area contributed by atoms with Crippen LogP contribution in [0.15, 0.2) is 85.1 Å². The average molecular weight is 849 g/mol. The van der Waals surface area contributed by atoms with E-state index >= 15 is 0 Å². The van der Waals surface area contributed by atoms with E-state index < -0.39 is 6.10 Å². The van der Waals surface area contributed by atoms with Gasteiger partial charge < -0.3 is 14.2 Å². The molecule has 0 amide bonds. The van der Waals surface area contributed by atoms with E-state index in [0.29, 0.717) is 19.3 Å². The highest BCUT2D eigenvalue weighted by Crippen LogP contribution is 2.14. The second-order valence-corrected chi connectivity index (χ2v) is 16.3. The number of esters is 3. The third-order valence-corrected chi connectivity index (χ3v) is 10.4. The summed E-state index contributed by atoms with van der Waals surface area (Å²) in [6.07, 6.45) is 62.8. The van der Waals surface area contributed by atoms with Gasteiger partial charge in [0, 0.05) is 19.3 Å². The lowest BCUT2D eigenvalue weighted by atomic mass is 10.1. The lowest BCUT2D eigenvalue weighted by Crippen LogP contribution is -2.30. The van der Waals surface area contributed by atoms with Crippen molar-refractivity contribution in [1.29, 1.82) is 0 Å². The average Bonchev–Trinajstić information content (AvgIpc) is 3.26. The molecule has 61 heavy (non-hydrogen) atoms. The second-order valence-electron chi connectivity index (χ2n) is 16.3. The van der Waals surface area contributed by atoms with E-state index in [4.69, 9.17) is 14.2 Å². The van der Waals surface area contributed by atoms with Gasteiger partial charge in [0.2, 0.25) is 0 Å². The topological polar surface area (TPSA) is 78.9 Å². The number of ether oxygens (including phenoxy) is 3. The molecule has 0 heterocycles. The quantitative estimate of drug-likeness (QED) is 0.0263. The molecule has 0 aliphatic rings. The minimum atomic E-state index is -0.799. The Balaban J connectivity index is 4.44. The molecule has 0 fully saturated rings. The van der Waals surface area contributed by atoms with Crippen LogP contribution in [0.25, 0.3) is 0 Å². The molecule has 0 aromatic carbocycles. The molecule has 6 heteroatoms. The second kappa shape index (κ2) is 49.2. The molecule has 0 bridgehead atoms. The summed E-state index contributed by atoms with van der Waals surface area (Å²) in [4.78, 5) is 37.9. The van der Waals surface area contributed by atoms with Crippen molar-refractivity contribution < 1.29 is 28.6 Å². The molecule has 348 valence electrons. The van der Waals surface area contributed by atoms with E-state index in [9.17, 15) is 14.4 Å². The lowest BCUT2D eigenvalue weighted by Gasteiger charge is -2.18. The number of carbonyl (C=O) groups is 3. The zero-order chi connectivity index (χ0) is 44.4. The van der Waals surface area contributed by atoms with Gasteiger partial charge in [-0.1, -0.05) is 183 Å². The molecule has 0 rings (SSSR count). The number of hydrogen-bond acceptors (Lipinski definition) is 6. The highest BCUT2D eigenvalue weighted by atomic mass is 16.6. The third kappa shape index (κ3) is 47.5. The van der Waals surface area contributed by atoms with E-state index in [0.717, 1.165) is 109 Å². The van der Waals surface area contributed by atoms with Crippen molar-refractivity contribution in [2.45, 2.75) is 232 Å². The van der Waals surface area contributed by atoms with Gasteiger partial charge in [0.25, 0.3) is 0 Å². The van der Waals surface area contributed by atoms with Gasteiger partial charge in [-0.25, -0.2) is 0 Å². The molecule has 0 spiro atoms. The third-order valence-electron chi connectivity index (χ3n) is 10.4. The number of unbranched alkanes of at least 4 members (excludes halogenated alkanes) is 19. The lowest BCUT2D eigenvalue weighted by molar-refractivity contribution is -0.167. The standard InChI is InChI=1S/C55H92O6/c1-4-7-10-13-16-19-22-25-27-28-29-31-33-36-39-42-45-48-54(57)60-51-52(50-59-53(56)47-44-41-38-35-32-24-21-18-15-12-9-6-3)61-55(58)49-46-43-40-37-34-30-26-23-20-17-14-11-8-5-2/h8-9,11-12,16-21,25,27,32,35,52H,4-7,10,13-15,22-24,26,28-31,33-34,36-51H2,1-3H3/b11-8-,12-9-,19-16-,20-17-,21-18-,27-25-,35-32-. The normalized spacial score (nSPS) is 12.8. The Morgan fingerprint density at radius 2 is 0.639 bits per heavy atom. The first-order valence-corrected chi connectivity index (χ1v) is 25.1. The Morgan fingerprint density at radius 3 is 1.03 bits per heavy atom. The van der Waals surface area contributed by atoms with Crippen LogP contribution < -0.4 is 0 Å². The summed E-state index contributed by atoms with van der Waals surface area (Å²) in [5.74, 6) is -0.956. The largest absolute Gasteiger partial charge is 0.462 e. The van der Waals surface area contributed by atoms with Gasteiger partial charge in [0.1, 0.15) is 13.2 Å². The van der Waals surface area contributed by atoms with Gasteiger partial charge in [-0.2, -0.15) is 0 Å². The molecule has 0 N–H and O–H groups in total. The van der Waals surface area contributed by atoms with Gasteiger partial charge in [-0.05, 0) is 109 Å². The highest BCUT2D eigenvalue weighted by molar-refractivity contribution is 5.71. The number of carbonyl (C=O) groups excluding carboxylic acids is 3. The summed E-state index contributed by atoms with van der Waals surface area (Å²) in [5.41, 5.74) is 0. The summed E-state index contributed by atoms with van der Waals surface area (Å²) in [5, 5.41) is 0. The van der Waals surface area contributed by atoms with Crippen LogP contribution in [0.3, 0.4) is 0 Å². The van der Waals surface area contributed by atoms with Crippen molar-refractivity contribution in [3.05, 3.63) is 85.1 Å². The van der Waals surface area contributed by atoms with Crippen molar-refractivity contribution in [2.24, 2.45) is 0 Å². The molecule has 0 saturated heterocycles. The molecule has 1 unspecified atom stereocenters. The van der Waals surface area contributed by atoms with E-state index in [-0.39, 0.29) is 31.1 Å². The molecule has 0 aromatic rings. The zero-order valence-electron chi connectivity index (χ0n) is 39.7. The Hall–Kier alpha value is -3.41. The molecule has 6 nitrogen and oxygen atoms in total. The fourth-order valence-corrected chi connectivity index (χ4v) is 6.64. The first-order valence-electron chi connectivity index (χ1n) is 25.1. The van der Waals surface area contributed by atoms with Crippen molar-refractivity contribution in [2.75, 3.05) is 13.2 Å². The van der Waals surface area contributed by atoms with E-state index in [1.165, 1.54) is 77.0 Å². The van der Waals surface area contributed by atoms with Gasteiger partial charge in [0.15, 0.2) is 6.10 Å². The van der Waals surface area contributed by atoms with E-state index in [2.05, 4.69) is 106 Å². The molecular formula is C55H92O6. The van der Waals surface area contributed by atoms with E-state index in [1.54, 1.807) is 0 Å². The maximum absolute atomic E-state index is 12.8. The van der Waals surface area contributed by atoms with Crippen LogP contribution in [0.1, 0.15) is 226 Å². The van der Waals surface area contributed by atoms with Gasteiger partial charge >= 0.3 is 17.9 Å². The van der Waals surface area contributed by atoms with Crippen molar-refractivity contribution in [1.82, 2.24) is 0 Å². The number of hydrogen-bond donors (Lipinski definition) is 0. The molecule has 1 atom stereocenters. The van der Waals surface area contributed by atoms with Crippen molar-refractivity contribution >= 4 is 17.9 Å². The molecule has 0 radical (unpaired) electrons. The number of rotatable bonds is 44. The van der Waals surface area contributed by atoms with E-state index in [1.807, 2.05) is 0 Å². The van der Waals surface area contributed by atoms with Crippen LogP contribution in [-0.4, -0.2) is 37.2 Å². The van der Waals surface area contributed by atoms with Gasteiger partial charge in [-0.3, -0.25) is 14.4 Å².